The topological polar surface area (TPSA) is 22.9 Å². The highest BCUT2D eigenvalue weighted by atomic mass is 35.5. The van der Waals surface area contributed by atoms with Crippen LogP contribution in [0.1, 0.15) is 16.7 Å². The maximum Gasteiger partial charge on any atom is 0.137 e. The molecule has 130 valence electrons. The number of aryl methyl sites for hydroxylation is 2. The fourth-order valence-corrected chi connectivity index (χ4v) is 2.89. The molecule has 2 rings (SSSR count). The molecular weight excluding hydrogens is 322 g/mol. The molecule has 1 atom stereocenters. The van der Waals surface area contributed by atoms with Gasteiger partial charge in [0.15, 0.2) is 0 Å². The average molecular weight is 349 g/mol. The Balaban J connectivity index is 1.89. The number of benzene rings is 2. The molecule has 2 aromatic carbocycles. The third-order valence-electron chi connectivity index (χ3n) is 3.95. The van der Waals surface area contributed by atoms with E-state index >= 15 is 0 Å². The van der Waals surface area contributed by atoms with E-state index in [4.69, 9.17) is 21.1 Å². The van der Waals surface area contributed by atoms with Crippen LogP contribution in [0, 0.1) is 13.8 Å². The second-order valence-electron chi connectivity index (χ2n) is 6.22. The fourth-order valence-electron chi connectivity index (χ4n) is 2.77. The summed E-state index contributed by atoms with van der Waals surface area (Å²) in [7, 11) is 1.74. The predicted molar refractivity (Wildman–Crippen MR) is 99.1 cm³/mol. The Labute approximate surface area is 150 Å². The summed E-state index contributed by atoms with van der Waals surface area (Å²) < 4.78 is 11.2. The van der Waals surface area contributed by atoms with Crippen LogP contribution in [-0.2, 0) is 11.3 Å². The van der Waals surface area contributed by atoms with Gasteiger partial charge in [0.1, 0.15) is 32.0 Å². The fraction of sp³-hybridized carbons (Fsp3) is 0.400. The zero-order chi connectivity index (χ0) is 17.4. The number of halogens is 1. The van der Waals surface area contributed by atoms with E-state index in [-0.39, 0.29) is 0 Å². The number of hydrogen-bond donors (Lipinski definition) is 1. The van der Waals surface area contributed by atoms with Crippen LogP contribution >= 0.6 is 11.6 Å². The molecule has 0 amide bonds. The number of quaternary nitrogens is 1. The smallest absolute Gasteiger partial charge is 0.137 e. The molecule has 2 aromatic rings. The maximum atomic E-state index is 5.96. The Morgan fingerprint density at radius 2 is 1.54 bits per heavy atom. The number of nitrogens with one attached hydrogen (secondary N) is 1. The Kier molecular flexibility index (Phi) is 7.57. The summed E-state index contributed by atoms with van der Waals surface area (Å²) in [5.41, 5.74) is 3.74. The van der Waals surface area contributed by atoms with Gasteiger partial charge in [-0.2, -0.15) is 0 Å². The molecule has 3 nitrogen and oxygen atoms in total. The first-order valence-corrected chi connectivity index (χ1v) is 8.72. The quantitative estimate of drug-likeness (QED) is 0.752. The van der Waals surface area contributed by atoms with Crippen molar-refractivity contribution >= 4 is 11.6 Å². The van der Waals surface area contributed by atoms with Gasteiger partial charge in [0, 0.05) is 17.7 Å². The number of hydrogen-bond acceptors (Lipinski definition) is 2. The Bertz CT molecular complexity index is 608. The Hall–Kier alpha value is -1.55. The lowest BCUT2D eigenvalue weighted by atomic mass is 10.1. The van der Waals surface area contributed by atoms with Crippen molar-refractivity contribution in [3.63, 3.8) is 0 Å². The Morgan fingerprint density at radius 3 is 2.17 bits per heavy atom. The highest BCUT2D eigenvalue weighted by molar-refractivity contribution is 6.30. The molecule has 0 bridgehead atoms. The van der Waals surface area contributed by atoms with Crippen molar-refractivity contribution in [2.75, 3.05) is 33.4 Å². The highest BCUT2D eigenvalue weighted by Crippen LogP contribution is 2.15. The van der Waals surface area contributed by atoms with Crippen LogP contribution in [0.2, 0.25) is 5.02 Å². The molecule has 0 aromatic heterocycles. The SMILES string of the molecule is COCC[NH+](CCOc1cc(C)cc(C)c1)Cc1ccc(Cl)cc1. The van der Waals surface area contributed by atoms with Gasteiger partial charge >= 0.3 is 0 Å². The molecule has 0 heterocycles. The minimum atomic E-state index is 0.690. The first-order chi connectivity index (χ1) is 11.6. The normalized spacial score (nSPS) is 12.2. The van der Waals surface area contributed by atoms with Gasteiger partial charge in [-0.1, -0.05) is 29.8 Å². The monoisotopic (exact) mass is 348 g/mol. The van der Waals surface area contributed by atoms with Crippen molar-refractivity contribution in [3.05, 3.63) is 64.2 Å². The van der Waals surface area contributed by atoms with Crippen LogP contribution < -0.4 is 9.64 Å². The van der Waals surface area contributed by atoms with E-state index in [0.29, 0.717) is 6.61 Å². The summed E-state index contributed by atoms with van der Waals surface area (Å²) >= 11 is 5.96. The van der Waals surface area contributed by atoms with Gasteiger partial charge in [-0.15, -0.1) is 0 Å². The van der Waals surface area contributed by atoms with Gasteiger partial charge in [0.05, 0.1) is 6.61 Å². The van der Waals surface area contributed by atoms with Gasteiger partial charge in [-0.25, -0.2) is 0 Å². The minimum Gasteiger partial charge on any atom is -0.488 e. The summed E-state index contributed by atoms with van der Waals surface area (Å²) in [6.45, 7) is 8.44. The van der Waals surface area contributed by atoms with E-state index in [1.54, 1.807) is 7.11 Å². The molecular formula is C20H27ClNO2+. The lowest BCUT2D eigenvalue weighted by Gasteiger charge is -2.20. The number of ether oxygens (including phenoxy) is 2. The summed E-state index contributed by atoms with van der Waals surface area (Å²) in [5, 5.41) is 0.773. The van der Waals surface area contributed by atoms with Crippen molar-refractivity contribution < 1.29 is 14.4 Å². The second kappa shape index (κ2) is 9.67. The lowest BCUT2D eigenvalue weighted by Crippen LogP contribution is -3.11. The molecule has 0 aliphatic carbocycles. The summed E-state index contributed by atoms with van der Waals surface area (Å²) in [6.07, 6.45) is 0. The second-order valence-corrected chi connectivity index (χ2v) is 6.65. The molecule has 0 aliphatic heterocycles. The summed E-state index contributed by atoms with van der Waals surface area (Å²) in [5.74, 6) is 0.949. The largest absolute Gasteiger partial charge is 0.488 e. The molecule has 1 unspecified atom stereocenters. The van der Waals surface area contributed by atoms with Crippen LogP contribution in [0.25, 0.3) is 0 Å². The van der Waals surface area contributed by atoms with Gasteiger partial charge in [0.25, 0.3) is 0 Å². The van der Waals surface area contributed by atoms with Crippen molar-refractivity contribution in [1.82, 2.24) is 0 Å². The van der Waals surface area contributed by atoms with Crippen LogP contribution in [0.15, 0.2) is 42.5 Å². The first kappa shape index (κ1) is 18.8. The van der Waals surface area contributed by atoms with Gasteiger partial charge < -0.3 is 14.4 Å². The standard InChI is InChI=1S/C20H26ClNO2/c1-16-12-17(2)14-20(13-16)24-11-9-22(8-10-23-3)15-18-4-6-19(21)7-5-18/h4-7,12-14H,8-11,15H2,1-3H3/p+1. The molecule has 4 heteroatoms. The van der Waals surface area contributed by atoms with Crippen LogP contribution in [0.3, 0.4) is 0 Å². The average Bonchev–Trinajstić information content (AvgIpc) is 2.53. The number of methoxy groups -OCH3 is 1. The zero-order valence-corrected chi connectivity index (χ0v) is 15.5. The molecule has 0 saturated carbocycles. The van der Waals surface area contributed by atoms with E-state index in [0.717, 1.165) is 37.0 Å². The van der Waals surface area contributed by atoms with E-state index in [9.17, 15) is 0 Å². The van der Waals surface area contributed by atoms with E-state index in [2.05, 4.69) is 44.2 Å². The molecule has 0 fully saturated rings. The van der Waals surface area contributed by atoms with Crippen LogP contribution in [-0.4, -0.2) is 33.4 Å². The maximum absolute atomic E-state index is 5.96. The van der Waals surface area contributed by atoms with Crippen molar-refractivity contribution in [2.45, 2.75) is 20.4 Å². The third-order valence-corrected chi connectivity index (χ3v) is 4.20. The van der Waals surface area contributed by atoms with E-state index in [1.807, 2.05) is 12.1 Å². The van der Waals surface area contributed by atoms with Crippen LogP contribution in [0.5, 0.6) is 5.75 Å². The first-order valence-electron chi connectivity index (χ1n) is 8.35. The van der Waals surface area contributed by atoms with Crippen molar-refractivity contribution in [3.8, 4) is 5.75 Å². The number of rotatable bonds is 9. The molecule has 0 spiro atoms. The molecule has 24 heavy (non-hydrogen) atoms. The highest BCUT2D eigenvalue weighted by Gasteiger charge is 2.10. The summed E-state index contributed by atoms with van der Waals surface area (Å²) in [4.78, 5) is 1.43. The summed E-state index contributed by atoms with van der Waals surface area (Å²) in [6, 6.07) is 14.4. The van der Waals surface area contributed by atoms with E-state index in [1.165, 1.54) is 21.6 Å². The van der Waals surface area contributed by atoms with Crippen LogP contribution in [0.4, 0.5) is 0 Å². The van der Waals surface area contributed by atoms with Gasteiger partial charge in [-0.05, 0) is 49.2 Å². The molecule has 1 N–H and O–H groups in total. The van der Waals surface area contributed by atoms with Crippen molar-refractivity contribution in [2.24, 2.45) is 0 Å². The van der Waals surface area contributed by atoms with Gasteiger partial charge in [-0.3, -0.25) is 0 Å². The van der Waals surface area contributed by atoms with Gasteiger partial charge in [0.2, 0.25) is 0 Å². The molecule has 0 saturated heterocycles. The third kappa shape index (κ3) is 6.52. The lowest BCUT2D eigenvalue weighted by molar-refractivity contribution is -0.914. The zero-order valence-electron chi connectivity index (χ0n) is 14.8. The molecule has 0 aliphatic rings. The predicted octanol–water partition coefficient (Wildman–Crippen LogP) is 3.07. The Morgan fingerprint density at radius 1 is 0.917 bits per heavy atom. The van der Waals surface area contributed by atoms with E-state index < -0.39 is 0 Å². The molecule has 0 radical (unpaired) electrons. The van der Waals surface area contributed by atoms with Crippen molar-refractivity contribution in [1.29, 1.82) is 0 Å². The minimum absolute atomic E-state index is 0.690.